The van der Waals surface area contributed by atoms with E-state index < -0.39 is 0 Å². The van der Waals surface area contributed by atoms with Crippen LogP contribution in [0.15, 0.2) is 212 Å². The van der Waals surface area contributed by atoms with Crippen LogP contribution >= 0.6 is 0 Å². The van der Waals surface area contributed by atoms with Crippen LogP contribution in [0, 0.1) is 0 Å². The van der Waals surface area contributed by atoms with E-state index in [9.17, 15) is 0 Å². The van der Waals surface area contributed by atoms with Gasteiger partial charge in [0.25, 0.3) is 0 Å². The topological polar surface area (TPSA) is 21.1 Å². The Kier molecular flexibility index (Phi) is 7.81. The molecule has 0 atom stereocenters. The Bertz CT molecular complexity index is 2890. The minimum Gasteiger partial charge on any atom is -0.311 e. The zero-order chi connectivity index (χ0) is 35.8. The van der Waals surface area contributed by atoms with Crippen molar-refractivity contribution in [3.05, 3.63) is 212 Å². The Balaban J connectivity index is 0.993. The summed E-state index contributed by atoms with van der Waals surface area (Å²) >= 11 is 0. The van der Waals surface area contributed by atoms with Gasteiger partial charge >= 0.3 is 0 Å². The van der Waals surface area contributed by atoms with E-state index in [1.54, 1.807) is 0 Å². The predicted octanol–water partition coefficient (Wildman–Crippen LogP) is 13.8. The molecule has 3 heteroatoms. The molecule has 0 radical (unpaired) electrons. The third kappa shape index (κ3) is 5.69. The summed E-state index contributed by atoms with van der Waals surface area (Å²) in [6.07, 6.45) is 0. The molecule has 0 saturated carbocycles. The van der Waals surface area contributed by atoms with Crippen molar-refractivity contribution in [2.45, 2.75) is 0 Å². The summed E-state index contributed by atoms with van der Waals surface area (Å²) in [6, 6.07) is 75.7. The summed E-state index contributed by atoms with van der Waals surface area (Å²) in [5.74, 6) is 0.918. The lowest BCUT2D eigenvalue weighted by Crippen LogP contribution is -2.09. The molecule has 0 aliphatic heterocycles. The second kappa shape index (κ2) is 13.4. The number of anilines is 3. The van der Waals surface area contributed by atoms with Crippen molar-refractivity contribution >= 4 is 49.6 Å². The lowest BCUT2D eigenvalue weighted by Gasteiger charge is -2.26. The van der Waals surface area contributed by atoms with E-state index in [0.29, 0.717) is 0 Å². The third-order valence-corrected chi connectivity index (χ3v) is 10.4. The first-order valence-corrected chi connectivity index (χ1v) is 18.4. The number of para-hydroxylation sites is 2. The Morgan fingerprint density at radius 3 is 1.52 bits per heavy atom. The molecule has 3 nitrogen and oxygen atoms in total. The average Bonchev–Trinajstić information content (AvgIpc) is 3.65. The smallest absolute Gasteiger partial charge is 0.145 e. The highest BCUT2D eigenvalue weighted by Gasteiger charge is 2.18. The van der Waals surface area contributed by atoms with Crippen LogP contribution in [-0.2, 0) is 0 Å². The van der Waals surface area contributed by atoms with Crippen LogP contribution in [0.3, 0.4) is 0 Å². The number of aromatic nitrogens is 2. The van der Waals surface area contributed by atoms with Gasteiger partial charge in [-0.05, 0) is 111 Å². The van der Waals surface area contributed by atoms with Crippen LogP contribution in [0.4, 0.5) is 17.1 Å². The molecule has 0 bridgehead atoms. The van der Waals surface area contributed by atoms with Crippen LogP contribution in [0.1, 0.15) is 0 Å². The predicted molar refractivity (Wildman–Crippen MR) is 227 cm³/mol. The monoisotopic (exact) mass is 689 g/mol. The number of hydrogen-bond donors (Lipinski definition) is 0. The van der Waals surface area contributed by atoms with Gasteiger partial charge in [0.05, 0.1) is 11.0 Å². The summed E-state index contributed by atoms with van der Waals surface area (Å²) in [4.78, 5) is 7.53. The minimum absolute atomic E-state index is 0.918. The molecule has 9 aromatic carbocycles. The van der Waals surface area contributed by atoms with E-state index in [1.165, 1.54) is 43.8 Å². The van der Waals surface area contributed by atoms with Crippen molar-refractivity contribution in [2.24, 2.45) is 0 Å². The fourth-order valence-corrected chi connectivity index (χ4v) is 7.67. The normalized spacial score (nSPS) is 11.3. The molecule has 54 heavy (non-hydrogen) atoms. The van der Waals surface area contributed by atoms with Gasteiger partial charge in [0.15, 0.2) is 0 Å². The highest BCUT2D eigenvalue weighted by molar-refractivity contribution is 6.06. The SMILES string of the molecule is c1ccc(N(c2ccc(-c3ccc(-c4ccc5ccccc5c4)cc3)cc2)c2ccc(-c3nc4ccc5ccccc5c4n3-c3ccccc3)cc2)cc1. The molecule has 0 saturated heterocycles. The summed E-state index contributed by atoms with van der Waals surface area (Å²) < 4.78 is 2.30. The maximum absolute atomic E-state index is 5.22. The van der Waals surface area contributed by atoms with Crippen molar-refractivity contribution in [1.82, 2.24) is 9.55 Å². The van der Waals surface area contributed by atoms with Crippen LogP contribution < -0.4 is 4.90 Å². The maximum atomic E-state index is 5.22. The zero-order valence-electron chi connectivity index (χ0n) is 29.5. The van der Waals surface area contributed by atoms with Gasteiger partial charge in [-0.15, -0.1) is 0 Å². The van der Waals surface area contributed by atoms with Gasteiger partial charge in [-0.1, -0.05) is 140 Å². The lowest BCUT2D eigenvalue weighted by molar-refractivity contribution is 1.11. The van der Waals surface area contributed by atoms with Gasteiger partial charge in [-0.25, -0.2) is 4.98 Å². The number of imidazole rings is 1. The fraction of sp³-hybridized carbons (Fsp3) is 0. The molecule has 1 heterocycles. The van der Waals surface area contributed by atoms with E-state index in [4.69, 9.17) is 4.98 Å². The van der Waals surface area contributed by atoms with Gasteiger partial charge < -0.3 is 4.90 Å². The van der Waals surface area contributed by atoms with Gasteiger partial charge in [-0.3, -0.25) is 4.57 Å². The standard InChI is InChI=1S/C51H35N3/c1-3-14-44(15-4-1)53(46-30-25-38(26-31-46)37-19-21-39(22-20-37)43-24-23-36-11-7-8-13-42(36)35-43)47-32-27-41(28-33-47)51-52-49-34-29-40-12-9-10-18-48(40)50(49)54(51)45-16-5-2-6-17-45/h1-35H. The van der Waals surface area contributed by atoms with Crippen LogP contribution in [0.5, 0.6) is 0 Å². The molecule has 0 fully saturated rings. The van der Waals surface area contributed by atoms with Crippen molar-refractivity contribution in [3.8, 4) is 39.3 Å². The van der Waals surface area contributed by atoms with E-state index >= 15 is 0 Å². The van der Waals surface area contributed by atoms with E-state index in [0.717, 1.165) is 45.2 Å². The molecule has 0 N–H and O–H groups in total. The molecule has 0 aliphatic rings. The first-order valence-electron chi connectivity index (χ1n) is 18.4. The second-order valence-corrected chi connectivity index (χ2v) is 13.7. The van der Waals surface area contributed by atoms with Gasteiger partial charge in [0.2, 0.25) is 0 Å². The maximum Gasteiger partial charge on any atom is 0.145 e. The molecular weight excluding hydrogens is 655 g/mol. The molecule has 254 valence electrons. The Labute approximate surface area is 314 Å². The van der Waals surface area contributed by atoms with Crippen molar-refractivity contribution in [2.75, 3.05) is 4.90 Å². The summed E-state index contributed by atoms with van der Waals surface area (Å²) in [5, 5.41) is 4.91. The number of benzene rings is 9. The van der Waals surface area contributed by atoms with E-state index in [2.05, 4.69) is 222 Å². The summed E-state index contributed by atoms with van der Waals surface area (Å²) in [6.45, 7) is 0. The first-order chi connectivity index (χ1) is 26.8. The number of fused-ring (bicyclic) bond motifs is 4. The largest absolute Gasteiger partial charge is 0.311 e. The number of rotatable bonds is 7. The highest BCUT2D eigenvalue weighted by atomic mass is 15.1. The minimum atomic E-state index is 0.918. The number of nitrogens with zero attached hydrogens (tertiary/aromatic N) is 3. The van der Waals surface area contributed by atoms with Crippen LogP contribution in [-0.4, -0.2) is 9.55 Å². The van der Waals surface area contributed by atoms with Crippen molar-refractivity contribution in [3.63, 3.8) is 0 Å². The average molecular weight is 690 g/mol. The quantitative estimate of drug-likeness (QED) is 0.166. The zero-order valence-corrected chi connectivity index (χ0v) is 29.5. The van der Waals surface area contributed by atoms with Crippen molar-refractivity contribution < 1.29 is 0 Å². The second-order valence-electron chi connectivity index (χ2n) is 13.7. The Morgan fingerprint density at radius 2 is 0.833 bits per heavy atom. The fourth-order valence-electron chi connectivity index (χ4n) is 7.67. The summed E-state index contributed by atoms with van der Waals surface area (Å²) in [7, 11) is 0. The molecule has 1 aromatic heterocycles. The van der Waals surface area contributed by atoms with Crippen molar-refractivity contribution in [1.29, 1.82) is 0 Å². The lowest BCUT2D eigenvalue weighted by atomic mass is 9.98. The van der Waals surface area contributed by atoms with Gasteiger partial charge in [-0.2, -0.15) is 0 Å². The Hall–Kier alpha value is -7.23. The molecule has 0 amide bonds. The van der Waals surface area contributed by atoms with Gasteiger partial charge in [0.1, 0.15) is 5.82 Å². The molecule has 0 spiro atoms. The molecule has 0 aliphatic carbocycles. The molecular formula is C51H35N3. The first kappa shape index (κ1) is 31.5. The summed E-state index contributed by atoms with van der Waals surface area (Å²) in [5.41, 5.74) is 12.3. The third-order valence-electron chi connectivity index (χ3n) is 10.4. The molecule has 10 aromatic rings. The highest BCUT2D eigenvalue weighted by Crippen LogP contribution is 2.38. The molecule has 0 unspecified atom stereocenters. The number of hydrogen-bond acceptors (Lipinski definition) is 2. The Morgan fingerprint density at radius 1 is 0.352 bits per heavy atom. The van der Waals surface area contributed by atoms with E-state index in [1.807, 2.05) is 0 Å². The van der Waals surface area contributed by atoms with Crippen LogP contribution in [0.2, 0.25) is 0 Å². The van der Waals surface area contributed by atoms with Gasteiger partial charge in [0, 0.05) is 33.7 Å². The molecule has 10 rings (SSSR count). The van der Waals surface area contributed by atoms with E-state index in [-0.39, 0.29) is 0 Å². The van der Waals surface area contributed by atoms with Crippen LogP contribution in [0.25, 0.3) is 71.9 Å².